The van der Waals surface area contributed by atoms with Crippen molar-refractivity contribution < 1.29 is 31.1 Å². The van der Waals surface area contributed by atoms with E-state index in [1.54, 1.807) is 13.0 Å². The van der Waals surface area contributed by atoms with Gasteiger partial charge in [-0.2, -0.15) is 13.2 Å². The van der Waals surface area contributed by atoms with E-state index in [9.17, 15) is 26.4 Å². The molecule has 2 aromatic carbocycles. The maximum Gasteiger partial charge on any atom is 0.416 e. The summed E-state index contributed by atoms with van der Waals surface area (Å²) in [6.07, 6.45) is 0.966. The average Bonchev–Trinajstić information content (AvgIpc) is 3.05. The molecule has 0 spiro atoms. The van der Waals surface area contributed by atoms with Crippen molar-refractivity contribution in [1.82, 2.24) is 5.32 Å². The van der Waals surface area contributed by atoms with Gasteiger partial charge in [-0.15, -0.1) is 0 Å². The zero-order valence-corrected chi connectivity index (χ0v) is 20.0. The van der Waals surface area contributed by atoms with E-state index in [0.717, 1.165) is 56.7 Å². The van der Waals surface area contributed by atoms with Gasteiger partial charge in [0, 0.05) is 6.04 Å². The lowest BCUT2D eigenvalue weighted by Crippen LogP contribution is -2.44. The van der Waals surface area contributed by atoms with Gasteiger partial charge in [-0.1, -0.05) is 37.8 Å². The fourth-order valence-electron chi connectivity index (χ4n) is 4.08. The smallest absolute Gasteiger partial charge is 0.416 e. The third-order valence-corrected chi connectivity index (χ3v) is 7.65. The molecule has 6 nitrogen and oxygen atoms in total. The van der Waals surface area contributed by atoms with E-state index >= 15 is 0 Å². The van der Waals surface area contributed by atoms with Crippen molar-refractivity contribution in [3.05, 3.63) is 53.6 Å². The maximum atomic E-state index is 13.7. The van der Waals surface area contributed by atoms with Crippen LogP contribution in [0.4, 0.5) is 18.9 Å². The molecule has 0 bridgehead atoms. The highest BCUT2D eigenvalue weighted by Crippen LogP contribution is 2.35. The molecule has 0 aliphatic heterocycles. The minimum Gasteiger partial charge on any atom is -0.495 e. The largest absolute Gasteiger partial charge is 0.495 e. The topological polar surface area (TPSA) is 75.7 Å². The molecule has 1 aliphatic rings. The molecule has 34 heavy (non-hydrogen) atoms. The lowest BCUT2D eigenvalue weighted by Gasteiger charge is -2.27. The van der Waals surface area contributed by atoms with Gasteiger partial charge in [0.2, 0.25) is 5.91 Å². The molecule has 1 N–H and O–H groups in total. The molecule has 0 unspecified atom stereocenters. The summed E-state index contributed by atoms with van der Waals surface area (Å²) in [5, 5.41) is 2.87. The summed E-state index contributed by atoms with van der Waals surface area (Å²) in [5.74, 6) is -0.536. The van der Waals surface area contributed by atoms with Crippen LogP contribution >= 0.6 is 0 Å². The van der Waals surface area contributed by atoms with Gasteiger partial charge in [-0.05, 0) is 55.7 Å². The normalized spacial score (nSPS) is 15.4. The summed E-state index contributed by atoms with van der Waals surface area (Å²) >= 11 is 0. The SMILES string of the molecule is COc1ccc(C)cc1S(=O)(=O)N(CC(=O)NC1CCCCCC1)c1cccc(C(F)(F)F)c1. The number of hydrogen-bond acceptors (Lipinski definition) is 4. The summed E-state index contributed by atoms with van der Waals surface area (Å²) < 4.78 is 73.4. The van der Waals surface area contributed by atoms with Gasteiger partial charge < -0.3 is 10.1 Å². The van der Waals surface area contributed by atoms with E-state index in [2.05, 4.69) is 5.32 Å². The molecule has 1 fully saturated rings. The lowest BCUT2D eigenvalue weighted by molar-refractivity contribution is -0.137. The highest BCUT2D eigenvalue weighted by molar-refractivity contribution is 7.93. The molecule has 1 saturated carbocycles. The number of hydrogen-bond donors (Lipinski definition) is 1. The number of carbonyl (C=O) groups is 1. The van der Waals surface area contributed by atoms with Crippen molar-refractivity contribution in [2.24, 2.45) is 0 Å². The number of nitrogens with one attached hydrogen (secondary N) is 1. The fourth-order valence-corrected chi connectivity index (χ4v) is 5.74. The Balaban J connectivity index is 2.02. The van der Waals surface area contributed by atoms with Gasteiger partial charge in [-0.25, -0.2) is 8.42 Å². The van der Waals surface area contributed by atoms with Crippen LogP contribution in [0, 0.1) is 6.92 Å². The molecule has 3 rings (SSSR count). The minimum absolute atomic E-state index is 0.0340. The van der Waals surface area contributed by atoms with Crippen LogP contribution in [0.15, 0.2) is 47.4 Å². The van der Waals surface area contributed by atoms with Crippen LogP contribution in [0.3, 0.4) is 0 Å². The van der Waals surface area contributed by atoms with Crippen molar-refractivity contribution in [2.75, 3.05) is 18.0 Å². The van der Waals surface area contributed by atoms with Crippen LogP contribution in [0.1, 0.15) is 49.7 Å². The van der Waals surface area contributed by atoms with E-state index in [1.807, 2.05) is 0 Å². The van der Waals surface area contributed by atoms with E-state index in [-0.39, 0.29) is 22.4 Å². The number of methoxy groups -OCH3 is 1. The number of nitrogens with zero attached hydrogens (tertiary/aromatic N) is 1. The molecule has 1 amide bonds. The van der Waals surface area contributed by atoms with Crippen molar-refractivity contribution in [1.29, 1.82) is 0 Å². The van der Waals surface area contributed by atoms with E-state index < -0.39 is 34.2 Å². The number of ether oxygens (including phenoxy) is 1. The van der Waals surface area contributed by atoms with E-state index in [4.69, 9.17) is 4.74 Å². The first-order chi connectivity index (χ1) is 16.0. The Morgan fingerprint density at radius 3 is 2.38 bits per heavy atom. The molecule has 1 aliphatic carbocycles. The first-order valence-electron chi connectivity index (χ1n) is 11.2. The Bertz CT molecular complexity index is 1110. The van der Waals surface area contributed by atoms with E-state index in [1.165, 1.54) is 25.3 Å². The van der Waals surface area contributed by atoms with E-state index in [0.29, 0.717) is 9.87 Å². The summed E-state index contributed by atoms with van der Waals surface area (Å²) in [6.45, 7) is 1.03. The van der Waals surface area contributed by atoms with Gasteiger partial charge in [0.25, 0.3) is 10.0 Å². The monoisotopic (exact) mass is 498 g/mol. The third-order valence-electron chi connectivity index (χ3n) is 5.86. The van der Waals surface area contributed by atoms with Crippen molar-refractivity contribution in [3.8, 4) is 5.75 Å². The lowest BCUT2D eigenvalue weighted by atomic mass is 10.1. The Labute approximate surface area is 198 Å². The standard InChI is InChI=1S/C24H29F3N2O4S/c1-17-12-13-21(33-2)22(14-17)34(31,32)29(20-11-7-8-18(15-20)24(25,26)27)16-23(30)28-19-9-5-3-4-6-10-19/h7-8,11-15,19H,3-6,9-10,16H2,1-2H3,(H,28,30). The van der Waals surface area contributed by atoms with Crippen LogP contribution < -0.4 is 14.4 Å². The Morgan fingerprint density at radius 1 is 1.09 bits per heavy atom. The molecular weight excluding hydrogens is 469 g/mol. The second kappa shape index (κ2) is 10.7. The molecule has 2 aromatic rings. The highest BCUT2D eigenvalue weighted by atomic mass is 32.2. The van der Waals surface area contributed by atoms with Crippen LogP contribution in [-0.4, -0.2) is 34.0 Å². The average molecular weight is 499 g/mol. The summed E-state index contributed by atoms with van der Waals surface area (Å²) in [5.41, 5.74) is -0.647. The zero-order chi connectivity index (χ0) is 24.9. The number of rotatable bonds is 7. The Kier molecular flexibility index (Phi) is 8.12. The number of anilines is 1. The molecule has 10 heteroatoms. The second-order valence-electron chi connectivity index (χ2n) is 8.47. The van der Waals surface area contributed by atoms with Crippen molar-refractivity contribution in [2.45, 2.75) is 62.6 Å². The number of alkyl halides is 3. The second-order valence-corrected chi connectivity index (χ2v) is 10.3. The summed E-state index contributed by atoms with van der Waals surface area (Å²) in [6, 6.07) is 8.37. The number of aryl methyl sites for hydroxylation is 1. The molecule has 0 atom stereocenters. The quantitative estimate of drug-likeness (QED) is 0.542. The van der Waals surface area contributed by atoms with Gasteiger partial charge in [0.05, 0.1) is 18.4 Å². The van der Waals surface area contributed by atoms with Gasteiger partial charge in [0.15, 0.2) is 0 Å². The number of carbonyl (C=O) groups excluding carboxylic acids is 1. The predicted octanol–water partition coefficient (Wildman–Crippen LogP) is 5.06. The summed E-state index contributed by atoms with van der Waals surface area (Å²) in [7, 11) is -3.14. The number of sulfonamides is 1. The molecule has 0 aromatic heterocycles. The van der Waals surface area contributed by atoms with Crippen molar-refractivity contribution >= 4 is 21.6 Å². The molecule has 0 saturated heterocycles. The van der Waals surface area contributed by atoms with Crippen LogP contribution in [0.2, 0.25) is 0 Å². The highest BCUT2D eigenvalue weighted by Gasteiger charge is 2.34. The first kappa shape index (κ1) is 25.9. The number of amides is 1. The Hall–Kier alpha value is -2.75. The predicted molar refractivity (Wildman–Crippen MR) is 123 cm³/mol. The molecule has 0 radical (unpaired) electrons. The fraction of sp³-hybridized carbons (Fsp3) is 0.458. The van der Waals surface area contributed by atoms with Crippen LogP contribution in [0.25, 0.3) is 0 Å². The van der Waals surface area contributed by atoms with Crippen LogP contribution in [-0.2, 0) is 21.0 Å². The molecular formula is C24H29F3N2O4S. The number of benzene rings is 2. The Morgan fingerprint density at radius 2 is 1.76 bits per heavy atom. The van der Waals surface area contributed by atoms with Gasteiger partial charge >= 0.3 is 6.18 Å². The summed E-state index contributed by atoms with van der Waals surface area (Å²) in [4.78, 5) is 12.7. The minimum atomic E-state index is -4.67. The first-order valence-corrected chi connectivity index (χ1v) is 12.6. The van der Waals surface area contributed by atoms with Crippen molar-refractivity contribution in [3.63, 3.8) is 0 Å². The van der Waals surface area contributed by atoms with Gasteiger partial charge in [0.1, 0.15) is 17.2 Å². The van der Waals surface area contributed by atoms with Crippen LogP contribution in [0.5, 0.6) is 5.75 Å². The van der Waals surface area contributed by atoms with Gasteiger partial charge in [-0.3, -0.25) is 9.10 Å². The molecule has 0 heterocycles. The zero-order valence-electron chi connectivity index (χ0n) is 19.2. The number of halogens is 3. The maximum absolute atomic E-state index is 13.7. The third kappa shape index (κ3) is 6.22. The molecule has 186 valence electrons.